The van der Waals surface area contributed by atoms with Crippen molar-refractivity contribution in [3.8, 4) is 0 Å². The molecule has 6 nitrogen and oxygen atoms in total. The number of pyridine rings is 1. The van der Waals surface area contributed by atoms with Crippen molar-refractivity contribution in [2.45, 2.75) is 30.7 Å². The Morgan fingerprint density at radius 2 is 2.25 bits per heavy atom. The van der Waals surface area contributed by atoms with Crippen molar-refractivity contribution < 1.29 is 13.2 Å². The highest BCUT2D eigenvalue weighted by atomic mass is 79.9. The van der Waals surface area contributed by atoms with Crippen LogP contribution in [0.1, 0.15) is 19.8 Å². The largest absolute Gasteiger partial charge is 0.341 e. The third-order valence-corrected chi connectivity index (χ3v) is 5.00. The molecule has 1 amide bonds. The van der Waals surface area contributed by atoms with Gasteiger partial charge in [0.1, 0.15) is 4.90 Å². The number of carbonyl (C=O) groups excluding carboxylic acids is 1. The molecule has 0 saturated carbocycles. The molecule has 8 heteroatoms. The minimum absolute atomic E-state index is 0.0835. The van der Waals surface area contributed by atoms with Crippen molar-refractivity contribution in [1.29, 1.82) is 0 Å². The van der Waals surface area contributed by atoms with Crippen molar-refractivity contribution in [1.82, 2.24) is 14.6 Å². The molecule has 1 atom stereocenters. The van der Waals surface area contributed by atoms with Crippen LogP contribution in [0.25, 0.3) is 0 Å². The fourth-order valence-corrected chi connectivity index (χ4v) is 3.88. The highest BCUT2D eigenvalue weighted by molar-refractivity contribution is 9.10. The Balaban J connectivity index is 2.02. The molecule has 20 heavy (non-hydrogen) atoms. The lowest BCUT2D eigenvalue weighted by Crippen LogP contribution is -2.42. The van der Waals surface area contributed by atoms with Crippen molar-refractivity contribution in [3.05, 3.63) is 22.9 Å². The molecule has 0 spiro atoms. The molecule has 1 unspecified atom stereocenters. The lowest BCUT2D eigenvalue weighted by molar-refractivity contribution is -0.127. The Kier molecular flexibility index (Phi) is 4.77. The number of nitrogens with zero attached hydrogens (tertiary/aromatic N) is 2. The first-order valence-corrected chi connectivity index (χ1v) is 8.57. The van der Waals surface area contributed by atoms with E-state index in [1.165, 1.54) is 18.5 Å². The SMILES string of the molecule is CC(CN1CCCC1=O)NS(=O)(=O)c1cncc(Br)c1. The quantitative estimate of drug-likeness (QED) is 0.852. The number of nitrogens with one attached hydrogen (secondary N) is 1. The first-order chi connectivity index (χ1) is 9.38. The van der Waals surface area contributed by atoms with E-state index in [1.54, 1.807) is 11.8 Å². The molecule has 0 aromatic carbocycles. The smallest absolute Gasteiger partial charge is 0.242 e. The average molecular weight is 362 g/mol. The van der Waals surface area contributed by atoms with Gasteiger partial charge in [-0.1, -0.05) is 0 Å². The summed E-state index contributed by atoms with van der Waals surface area (Å²) < 4.78 is 27.5. The molecule has 110 valence electrons. The molecule has 1 fully saturated rings. The van der Waals surface area contributed by atoms with Crippen LogP contribution in [0, 0.1) is 0 Å². The first-order valence-electron chi connectivity index (χ1n) is 6.29. The summed E-state index contributed by atoms with van der Waals surface area (Å²) in [6, 6.07) is 1.14. The second-order valence-electron chi connectivity index (χ2n) is 4.80. The van der Waals surface area contributed by atoms with Crippen LogP contribution in [0.2, 0.25) is 0 Å². The Morgan fingerprint density at radius 3 is 2.85 bits per heavy atom. The van der Waals surface area contributed by atoms with Crippen molar-refractivity contribution >= 4 is 31.9 Å². The number of likely N-dealkylation sites (tertiary alicyclic amines) is 1. The van der Waals surface area contributed by atoms with Gasteiger partial charge < -0.3 is 4.90 Å². The lowest BCUT2D eigenvalue weighted by Gasteiger charge is -2.21. The molecule has 2 rings (SSSR count). The molecule has 0 bridgehead atoms. The van der Waals surface area contributed by atoms with Gasteiger partial charge in [-0.05, 0) is 35.3 Å². The molecule has 2 heterocycles. The molecule has 1 N–H and O–H groups in total. The summed E-state index contributed by atoms with van der Waals surface area (Å²) in [5, 5.41) is 0. The van der Waals surface area contributed by atoms with Gasteiger partial charge in [0, 0.05) is 42.4 Å². The molecule has 1 aromatic rings. The number of carbonyl (C=O) groups is 1. The summed E-state index contributed by atoms with van der Waals surface area (Å²) in [7, 11) is -3.62. The summed E-state index contributed by atoms with van der Waals surface area (Å²) in [5.74, 6) is 0.0835. The molecular weight excluding hydrogens is 346 g/mol. The van der Waals surface area contributed by atoms with Crippen LogP contribution in [0.4, 0.5) is 0 Å². The fourth-order valence-electron chi connectivity index (χ4n) is 2.14. The summed E-state index contributed by atoms with van der Waals surface area (Å²) in [5.41, 5.74) is 0. The van der Waals surface area contributed by atoms with Crippen molar-refractivity contribution in [2.75, 3.05) is 13.1 Å². The van der Waals surface area contributed by atoms with E-state index in [-0.39, 0.29) is 16.8 Å². The van der Waals surface area contributed by atoms with Gasteiger partial charge >= 0.3 is 0 Å². The van der Waals surface area contributed by atoms with Gasteiger partial charge in [-0.3, -0.25) is 9.78 Å². The van der Waals surface area contributed by atoms with E-state index in [0.29, 0.717) is 24.0 Å². The van der Waals surface area contributed by atoms with Crippen LogP contribution in [0.3, 0.4) is 0 Å². The maximum absolute atomic E-state index is 12.2. The summed E-state index contributed by atoms with van der Waals surface area (Å²) >= 11 is 3.19. The average Bonchev–Trinajstić information content (AvgIpc) is 2.74. The Bertz CT molecular complexity index is 606. The highest BCUT2D eigenvalue weighted by Gasteiger charge is 2.24. The number of aromatic nitrogens is 1. The molecule has 1 saturated heterocycles. The van der Waals surface area contributed by atoms with Crippen LogP contribution < -0.4 is 4.72 Å². The predicted octanol–water partition coefficient (Wildman–Crippen LogP) is 1.13. The molecule has 1 aliphatic rings. The monoisotopic (exact) mass is 361 g/mol. The van der Waals surface area contributed by atoms with Crippen LogP contribution in [-0.4, -0.2) is 43.3 Å². The molecule has 1 aliphatic heterocycles. The first kappa shape index (κ1) is 15.4. The predicted molar refractivity (Wildman–Crippen MR) is 77.5 cm³/mol. The summed E-state index contributed by atoms with van der Waals surface area (Å²) in [6.07, 6.45) is 4.20. The van der Waals surface area contributed by atoms with E-state index in [1.807, 2.05) is 0 Å². The van der Waals surface area contributed by atoms with E-state index in [2.05, 4.69) is 25.6 Å². The van der Waals surface area contributed by atoms with Crippen LogP contribution >= 0.6 is 15.9 Å². The maximum Gasteiger partial charge on any atom is 0.242 e. The highest BCUT2D eigenvalue weighted by Crippen LogP contribution is 2.15. The van der Waals surface area contributed by atoms with Crippen molar-refractivity contribution in [3.63, 3.8) is 0 Å². The normalized spacial score (nSPS) is 17.5. The standard InChI is InChI=1S/C12H16BrN3O3S/c1-9(8-16-4-2-3-12(16)17)15-20(18,19)11-5-10(13)6-14-7-11/h5-7,9,15H,2-4,8H2,1H3. The molecule has 1 aromatic heterocycles. The van der Waals surface area contributed by atoms with Crippen LogP contribution in [0.15, 0.2) is 27.8 Å². The Hall–Kier alpha value is -0.990. The topological polar surface area (TPSA) is 79.4 Å². The molecule has 0 radical (unpaired) electrons. The second-order valence-corrected chi connectivity index (χ2v) is 7.43. The number of amides is 1. The minimum Gasteiger partial charge on any atom is -0.341 e. The number of halogens is 1. The van der Waals surface area contributed by atoms with Gasteiger partial charge in [-0.2, -0.15) is 0 Å². The van der Waals surface area contributed by atoms with Gasteiger partial charge in [0.05, 0.1) is 0 Å². The lowest BCUT2D eigenvalue weighted by atomic mass is 10.3. The number of hydrogen-bond donors (Lipinski definition) is 1. The van der Waals surface area contributed by atoms with Gasteiger partial charge in [0.25, 0.3) is 0 Å². The maximum atomic E-state index is 12.2. The zero-order chi connectivity index (χ0) is 14.8. The van der Waals surface area contributed by atoms with Crippen LogP contribution in [0.5, 0.6) is 0 Å². The van der Waals surface area contributed by atoms with E-state index in [0.717, 1.165) is 6.42 Å². The summed E-state index contributed by atoms with van der Waals surface area (Å²) in [6.45, 7) is 2.83. The minimum atomic E-state index is -3.62. The molecule has 0 aliphatic carbocycles. The number of rotatable bonds is 5. The van der Waals surface area contributed by atoms with Crippen LogP contribution in [-0.2, 0) is 14.8 Å². The third kappa shape index (κ3) is 3.77. The van der Waals surface area contributed by atoms with Crippen molar-refractivity contribution in [2.24, 2.45) is 0 Å². The van der Waals surface area contributed by atoms with Gasteiger partial charge in [-0.15, -0.1) is 0 Å². The number of sulfonamides is 1. The Morgan fingerprint density at radius 1 is 1.50 bits per heavy atom. The number of hydrogen-bond acceptors (Lipinski definition) is 4. The zero-order valence-electron chi connectivity index (χ0n) is 11.0. The third-order valence-electron chi connectivity index (χ3n) is 3.01. The van der Waals surface area contributed by atoms with E-state index in [4.69, 9.17) is 0 Å². The van der Waals surface area contributed by atoms with Gasteiger partial charge in [-0.25, -0.2) is 13.1 Å². The van der Waals surface area contributed by atoms with Gasteiger partial charge in [0.2, 0.25) is 15.9 Å². The molecular formula is C12H16BrN3O3S. The zero-order valence-corrected chi connectivity index (χ0v) is 13.4. The Labute approximate surface area is 126 Å². The van der Waals surface area contributed by atoms with E-state index >= 15 is 0 Å². The fraction of sp³-hybridized carbons (Fsp3) is 0.500. The summed E-state index contributed by atoms with van der Waals surface area (Å²) in [4.78, 5) is 17.2. The van der Waals surface area contributed by atoms with E-state index in [9.17, 15) is 13.2 Å². The van der Waals surface area contributed by atoms with E-state index < -0.39 is 10.0 Å². The van der Waals surface area contributed by atoms with Gasteiger partial charge in [0.15, 0.2) is 0 Å². The second kappa shape index (κ2) is 6.19.